The molecule has 1 N–H and O–H groups in total. The molecule has 2 aromatic rings. The fourth-order valence-corrected chi connectivity index (χ4v) is 3.28. The standard InChI is InChI=1S/C16H17BrOS/c1-2-12-6-8-13(9-7-12)16(18)11-19-15-5-3-4-14(17)10-15/h3-10,16,18H,2,11H2,1H3. The van der Waals surface area contributed by atoms with Crippen molar-refractivity contribution in [2.45, 2.75) is 24.3 Å². The lowest BCUT2D eigenvalue weighted by Crippen LogP contribution is -2.00. The average Bonchev–Trinajstić information content (AvgIpc) is 2.45. The van der Waals surface area contributed by atoms with Crippen LogP contribution in [0.15, 0.2) is 57.9 Å². The van der Waals surface area contributed by atoms with Gasteiger partial charge in [-0.3, -0.25) is 0 Å². The summed E-state index contributed by atoms with van der Waals surface area (Å²) in [5.41, 5.74) is 2.29. The van der Waals surface area contributed by atoms with Gasteiger partial charge in [0.25, 0.3) is 0 Å². The zero-order valence-corrected chi connectivity index (χ0v) is 13.2. The second kappa shape index (κ2) is 7.13. The average molecular weight is 337 g/mol. The third-order valence-corrected chi connectivity index (χ3v) is 4.54. The molecule has 100 valence electrons. The van der Waals surface area contributed by atoms with Crippen molar-refractivity contribution >= 4 is 27.7 Å². The quantitative estimate of drug-likeness (QED) is 0.788. The first kappa shape index (κ1) is 14.6. The minimum Gasteiger partial charge on any atom is -0.388 e. The van der Waals surface area contributed by atoms with Crippen molar-refractivity contribution in [3.8, 4) is 0 Å². The predicted molar refractivity (Wildman–Crippen MR) is 85.6 cm³/mol. The van der Waals surface area contributed by atoms with Crippen LogP contribution in [0.3, 0.4) is 0 Å². The van der Waals surface area contributed by atoms with E-state index in [4.69, 9.17) is 0 Å². The highest BCUT2D eigenvalue weighted by Crippen LogP contribution is 2.26. The molecule has 2 rings (SSSR count). The molecule has 0 heterocycles. The number of benzene rings is 2. The Balaban J connectivity index is 1.95. The van der Waals surface area contributed by atoms with Crippen molar-refractivity contribution in [3.63, 3.8) is 0 Å². The Morgan fingerprint density at radius 2 is 1.89 bits per heavy atom. The van der Waals surface area contributed by atoms with Crippen LogP contribution >= 0.6 is 27.7 Å². The molecule has 0 radical (unpaired) electrons. The van der Waals surface area contributed by atoms with Crippen LogP contribution in [0, 0.1) is 0 Å². The zero-order valence-electron chi connectivity index (χ0n) is 10.8. The Morgan fingerprint density at radius 3 is 2.53 bits per heavy atom. The molecule has 1 unspecified atom stereocenters. The van der Waals surface area contributed by atoms with E-state index in [1.54, 1.807) is 11.8 Å². The monoisotopic (exact) mass is 336 g/mol. The van der Waals surface area contributed by atoms with Crippen LogP contribution in [0.4, 0.5) is 0 Å². The summed E-state index contributed by atoms with van der Waals surface area (Å²) < 4.78 is 1.07. The molecule has 3 heteroatoms. The highest BCUT2D eigenvalue weighted by Gasteiger charge is 2.08. The number of hydrogen-bond donors (Lipinski definition) is 1. The molecule has 0 fully saturated rings. The van der Waals surface area contributed by atoms with Gasteiger partial charge in [0.05, 0.1) is 6.10 Å². The fourth-order valence-electron chi connectivity index (χ4n) is 1.80. The molecule has 1 nitrogen and oxygen atoms in total. The van der Waals surface area contributed by atoms with Gasteiger partial charge in [0.1, 0.15) is 0 Å². The van der Waals surface area contributed by atoms with Crippen molar-refractivity contribution in [1.82, 2.24) is 0 Å². The molecule has 0 saturated carbocycles. The first-order valence-corrected chi connectivity index (χ1v) is 8.12. The van der Waals surface area contributed by atoms with Crippen molar-refractivity contribution in [2.75, 3.05) is 5.75 Å². The molecule has 2 aromatic carbocycles. The number of rotatable bonds is 5. The number of thioether (sulfide) groups is 1. The molecule has 0 saturated heterocycles. The van der Waals surface area contributed by atoms with Crippen LogP contribution in [-0.2, 0) is 6.42 Å². The smallest absolute Gasteiger partial charge is 0.0883 e. The maximum Gasteiger partial charge on any atom is 0.0883 e. The summed E-state index contributed by atoms with van der Waals surface area (Å²) in [6.07, 6.45) is 0.610. The SMILES string of the molecule is CCc1ccc(C(O)CSc2cccc(Br)c2)cc1. The van der Waals surface area contributed by atoms with Crippen molar-refractivity contribution in [2.24, 2.45) is 0 Å². The van der Waals surface area contributed by atoms with E-state index in [-0.39, 0.29) is 0 Å². The zero-order chi connectivity index (χ0) is 13.7. The van der Waals surface area contributed by atoms with Crippen LogP contribution in [0.2, 0.25) is 0 Å². The van der Waals surface area contributed by atoms with E-state index >= 15 is 0 Å². The lowest BCUT2D eigenvalue weighted by molar-refractivity contribution is 0.204. The summed E-state index contributed by atoms with van der Waals surface area (Å²) in [6, 6.07) is 16.3. The third-order valence-electron chi connectivity index (χ3n) is 2.98. The summed E-state index contributed by atoms with van der Waals surface area (Å²) in [6.45, 7) is 2.13. The molecule has 0 aliphatic carbocycles. The largest absolute Gasteiger partial charge is 0.388 e. The van der Waals surface area contributed by atoms with Crippen molar-refractivity contribution in [3.05, 3.63) is 64.1 Å². The summed E-state index contributed by atoms with van der Waals surface area (Å²) >= 11 is 5.12. The van der Waals surface area contributed by atoms with Crippen LogP contribution in [0.5, 0.6) is 0 Å². The Labute approximate surface area is 127 Å². The highest BCUT2D eigenvalue weighted by molar-refractivity contribution is 9.10. The van der Waals surface area contributed by atoms with E-state index in [2.05, 4.69) is 47.1 Å². The maximum atomic E-state index is 10.2. The summed E-state index contributed by atoms with van der Waals surface area (Å²) in [7, 11) is 0. The van der Waals surface area contributed by atoms with Gasteiger partial charge >= 0.3 is 0 Å². The topological polar surface area (TPSA) is 20.2 Å². The molecule has 0 aliphatic rings. The molecule has 0 spiro atoms. The van der Waals surface area contributed by atoms with Gasteiger partial charge in [0.2, 0.25) is 0 Å². The third kappa shape index (κ3) is 4.37. The molecular formula is C16H17BrOS. The molecule has 1 atom stereocenters. The minimum absolute atomic E-state index is 0.421. The van der Waals surface area contributed by atoms with Gasteiger partial charge in [0.15, 0.2) is 0 Å². The first-order chi connectivity index (χ1) is 9.19. The van der Waals surface area contributed by atoms with Gasteiger partial charge in [-0.25, -0.2) is 0 Å². The fraction of sp³-hybridized carbons (Fsp3) is 0.250. The van der Waals surface area contributed by atoms with E-state index in [1.807, 2.05) is 24.3 Å². The number of aliphatic hydroxyl groups excluding tert-OH is 1. The number of hydrogen-bond acceptors (Lipinski definition) is 2. The molecule has 0 aromatic heterocycles. The number of aryl methyl sites for hydroxylation is 1. The molecule has 19 heavy (non-hydrogen) atoms. The molecule has 0 amide bonds. The molecule has 0 bridgehead atoms. The summed E-state index contributed by atoms with van der Waals surface area (Å²) in [5.74, 6) is 0.669. The van der Waals surface area contributed by atoms with E-state index in [0.717, 1.165) is 16.5 Å². The predicted octanol–water partition coefficient (Wildman–Crippen LogP) is 4.84. The number of halogens is 1. The summed E-state index contributed by atoms with van der Waals surface area (Å²) in [5, 5.41) is 10.2. The lowest BCUT2D eigenvalue weighted by atomic mass is 10.1. The van der Waals surface area contributed by atoms with E-state index in [1.165, 1.54) is 10.5 Å². The first-order valence-electron chi connectivity index (χ1n) is 6.34. The van der Waals surface area contributed by atoms with Crippen molar-refractivity contribution < 1.29 is 5.11 Å². The molecule has 0 aliphatic heterocycles. The normalized spacial score (nSPS) is 12.4. The van der Waals surface area contributed by atoms with Gasteiger partial charge < -0.3 is 5.11 Å². The Bertz CT molecular complexity index is 525. The molecular weight excluding hydrogens is 320 g/mol. The van der Waals surface area contributed by atoms with Crippen LogP contribution in [0.25, 0.3) is 0 Å². The van der Waals surface area contributed by atoms with Crippen LogP contribution in [0.1, 0.15) is 24.2 Å². The highest BCUT2D eigenvalue weighted by atomic mass is 79.9. The Morgan fingerprint density at radius 1 is 1.16 bits per heavy atom. The summed E-state index contributed by atoms with van der Waals surface area (Å²) in [4.78, 5) is 1.17. The van der Waals surface area contributed by atoms with Crippen molar-refractivity contribution in [1.29, 1.82) is 0 Å². The second-order valence-electron chi connectivity index (χ2n) is 4.38. The van der Waals surface area contributed by atoms with Gasteiger partial charge in [-0.05, 0) is 35.7 Å². The van der Waals surface area contributed by atoms with Gasteiger partial charge in [-0.1, -0.05) is 53.2 Å². The van der Waals surface area contributed by atoms with Gasteiger partial charge in [-0.2, -0.15) is 0 Å². The van der Waals surface area contributed by atoms with E-state index < -0.39 is 6.10 Å². The maximum absolute atomic E-state index is 10.2. The Kier molecular flexibility index (Phi) is 5.49. The lowest BCUT2D eigenvalue weighted by Gasteiger charge is -2.11. The van der Waals surface area contributed by atoms with E-state index in [0.29, 0.717) is 5.75 Å². The number of aliphatic hydroxyl groups is 1. The van der Waals surface area contributed by atoms with E-state index in [9.17, 15) is 5.11 Å². The van der Waals surface area contributed by atoms with Crippen LogP contribution < -0.4 is 0 Å². The van der Waals surface area contributed by atoms with Gasteiger partial charge in [-0.15, -0.1) is 11.8 Å². The minimum atomic E-state index is -0.421. The van der Waals surface area contributed by atoms with Gasteiger partial charge in [0, 0.05) is 15.1 Å². The Hall–Kier alpha value is -0.770. The van der Waals surface area contributed by atoms with Crippen LogP contribution in [-0.4, -0.2) is 10.9 Å². The second-order valence-corrected chi connectivity index (χ2v) is 6.39.